The molecule has 161 valence electrons. The molecule has 0 saturated heterocycles. The van der Waals surface area contributed by atoms with Gasteiger partial charge in [-0.05, 0) is 25.7 Å². The quantitative estimate of drug-likeness (QED) is 0.0674. The van der Waals surface area contributed by atoms with Gasteiger partial charge < -0.3 is 4.74 Å². The fourth-order valence-electron chi connectivity index (χ4n) is 2.94. The van der Waals surface area contributed by atoms with E-state index in [1.165, 1.54) is 77.0 Å². The number of hydrogen-bond acceptors (Lipinski definition) is 3. The summed E-state index contributed by atoms with van der Waals surface area (Å²) in [4.78, 5) is 0. The van der Waals surface area contributed by atoms with Gasteiger partial charge in [0.15, 0.2) is 6.29 Å². The van der Waals surface area contributed by atoms with Crippen molar-refractivity contribution in [3.05, 3.63) is 0 Å². The van der Waals surface area contributed by atoms with Gasteiger partial charge in [0.25, 0.3) is 0 Å². The van der Waals surface area contributed by atoms with Crippen LogP contribution in [-0.2, 0) is 13.6 Å². The lowest BCUT2D eigenvalue weighted by atomic mass is 10.1. The van der Waals surface area contributed by atoms with Crippen LogP contribution in [0.3, 0.4) is 0 Å². The van der Waals surface area contributed by atoms with Crippen molar-refractivity contribution < 1.29 is 13.6 Å². The Morgan fingerprint density at radius 1 is 0.667 bits per heavy atom. The van der Waals surface area contributed by atoms with Crippen molar-refractivity contribution in [2.24, 2.45) is 0 Å². The normalized spacial score (nSPS) is 12.4. The maximum Gasteiger partial charge on any atom is 0.884 e. The van der Waals surface area contributed by atoms with Crippen molar-refractivity contribution in [3.8, 4) is 0 Å². The second kappa shape index (κ2) is 24.6. The maximum absolute atomic E-state index is 5.99. The fraction of sp³-hybridized carbons (Fsp3) is 1.00. The molecule has 0 spiro atoms. The Kier molecular flexibility index (Phi) is 25.1. The van der Waals surface area contributed by atoms with Crippen LogP contribution in [0.25, 0.3) is 0 Å². The molecule has 3 nitrogen and oxygen atoms in total. The van der Waals surface area contributed by atoms with E-state index in [9.17, 15) is 0 Å². The Labute approximate surface area is 180 Å². The summed E-state index contributed by atoms with van der Waals surface area (Å²) in [6.45, 7) is 6.15. The monoisotopic (exact) mass is 464 g/mol. The number of alkyl halides is 1. The molecule has 5 heteroatoms. The first-order valence-corrected chi connectivity index (χ1v) is 13.5. The summed E-state index contributed by atoms with van der Waals surface area (Å²) >= 11 is 3.50. The van der Waals surface area contributed by atoms with Gasteiger partial charge in [-0.2, -0.15) is 8.85 Å². The van der Waals surface area contributed by atoms with Crippen LogP contribution in [0.5, 0.6) is 0 Å². The predicted octanol–water partition coefficient (Wildman–Crippen LogP) is 7.57. The van der Waals surface area contributed by atoms with Crippen LogP contribution in [0.1, 0.15) is 117 Å². The molecule has 0 N–H and O–H groups in total. The molecule has 0 fully saturated rings. The molecule has 0 saturated carbocycles. The zero-order valence-corrected chi connectivity index (χ0v) is 20.7. The molecular weight excluding hydrogens is 420 g/mol. The van der Waals surface area contributed by atoms with E-state index in [-0.39, 0.29) is 16.3 Å². The van der Waals surface area contributed by atoms with Gasteiger partial charge >= 0.3 is 10.0 Å². The lowest BCUT2D eigenvalue weighted by Gasteiger charge is -2.12. The molecule has 0 bridgehead atoms. The van der Waals surface area contributed by atoms with Crippen molar-refractivity contribution in [2.75, 3.05) is 18.5 Å². The first kappa shape index (κ1) is 27.6. The van der Waals surface area contributed by atoms with Gasteiger partial charge in [-0.25, -0.2) is 0 Å². The molecule has 0 aliphatic carbocycles. The average Bonchev–Trinajstić information content (AvgIpc) is 2.68. The Morgan fingerprint density at radius 3 is 1.85 bits per heavy atom. The van der Waals surface area contributed by atoms with Crippen molar-refractivity contribution in [3.63, 3.8) is 0 Å². The van der Waals surface area contributed by atoms with Crippen LogP contribution in [-0.4, -0.2) is 34.8 Å². The summed E-state index contributed by atoms with van der Waals surface area (Å²) in [7, 11) is 0.115. The number of unbranched alkanes of at least 4 members (excludes halogenated alkanes) is 12. The Balaban J connectivity index is 3.69. The summed E-state index contributed by atoms with van der Waals surface area (Å²) in [5.74, 6) is 0. The average molecular weight is 466 g/mol. The van der Waals surface area contributed by atoms with Crippen LogP contribution >= 0.6 is 15.9 Å². The highest BCUT2D eigenvalue weighted by molar-refractivity contribution is 9.09. The number of ether oxygens (including phenoxy) is 1. The van der Waals surface area contributed by atoms with E-state index < -0.39 is 0 Å². The molecule has 0 amide bonds. The third-order valence-corrected chi connectivity index (χ3v) is 5.96. The van der Waals surface area contributed by atoms with Crippen LogP contribution in [0.15, 0.2) is 0 Å². The highest BCUT2D eigenvalue weighted by Gasteiger charge is 2.24. The van der Waals surface area contributed by atoms with Gasteiger partial charge in [0.2, 0.25) is 0 Å². The largest absolute Gasteiger partial charge is 0.884 e. The Morgan fingerprint density at radius 2 is 1.22 bits per heavy atom. The molecule has 0 rings (SSSR count). The van der Waals surface area contributed by atoms with E-state index in [4.69, 9.17) is 13.6 Å². The first-order valence-electron chi connectivity index (χ1n) is 11.5. The van der Waals surface area contributed by atoms with Crippen molar-refractivity contribution >= 4 is 25.9 Å². The van der Waals surface area contributed by atoms with Gasteiger partial charge in [0.05, 0.1) is 6.61 Å². The number of hydrogen-bond donors (Lipinski definition) is 0. The van der Waals surface area contributed by atoms with Crippen LogP contribution < -0.4 is 0 Å². The number of rotatable bonds is 23. The SMILES string of the molecule is CCCCCCCCO[Si+]OC(CCCCCBr)OCCCCCCCC. The predicted molar refractivity (Wildman–Crippen MR) is 122 cm³/mol. The van der Waals surface area contributed by atoms with Gasteiger partial charge in [0.1, 0.15) is 0 Å². The zero-order chi connectivity index (χ0) is 19.8. The minimum absolute atomic E-state index is 0.0844. The molecule has 27 heavy (non-hydrogen) atoms. The van der Waals surface area contributed by atoms with Crippen LogP contribution in [0.4, 0.5) is 0 Å². The molecule has 1 unspecified atom stereocenters. The standard InChI is InChI=1S/C22H45BrO3Si/c1-3-5-7-9-11-16-20-24-22(18-14-13-15-19-23)26-27-25-21-17-12-10-8-6-4-2/h22H,3-21H2,1-2H3/q+1. The third kappa shape index (κ3) is 22.7. The van der Waals surface area contributed by atoms with E-state index in [1.807, 2.05) is 0 Å². The van der Waals surface area contributed by atoms with Gasteiger partial charge in [0, 0.05) is 18.4 Å². The zero-order valence-electron chi connectivity index (χ0n) is 18.1. The molecular formula is C22H45BrO3Si+. The highest BCUT2D eigenvalue weighted by Crippen LogP contribution is 2.11. The lowest BCUT2D eigenvalue weighted by molar-refractivity contribution is -0.0944. The third-order valence-electron chi connectivity index (χ3n) is 4.71. The van der Waals surface area contributed by atoms with Gasteiger partial charge in [-0.15, -0.1) is 0 Å². The molecule has 0 aliphatic heterocycles. The molecule has 0 aromatic carbocycles. The summed E-state index contributed by atoms with van der Waals surface area (Å²) in [5.41, 5.74) is 0. The van der Waals surface area contributed by atoms with Gasteiger partial charge in [-0.1, -0.05) is 100 Å². The summed E-state index contributed by atoms with van der Waals surface area (Å²) in [6, 6.07) is 0. The first-order chi connectivity index (χ1) is 13.3. The van der Waals surface area contributed by atoms with Crippen molar-refractivity contribution in [1.82, 2.24) is 0 Å². The summed E-state index contributed by atoms with van der Waals surface area (Å²) in [6.07, 6.45) is 20.1. The molecule has 0 aromatic rings. The topological polar surface area (TPSA) is 27.7 Å². The molecule has 1 radical (unpaired) electrons. The summed E-state index contributed by atoms with van der Waals surface area (Å²) < 4.78 is 17.6. The minimum Gasteiger partial charge on any atom is -0.349 e. The van der Waals surface area contributed by atoms with E-state index in [0.717, 1.165) is 44.2 Å². The van der Waals surface area contributed by atoms with E-state index in [2.05, 4.69) is 29.8 Å². The van der Waals surface area contributed by atoms with Gasteiger partial charge in [-0.3, -0.25) is 0 Å². The highest BCUT2D eigenvalue weighted by atomic mass is 79.9. The number of halogens is 1. The smallest absolute Gasteiger partial charge is 0.349 e. The van der Waals surface area contributed by atoms with Crippen LogP contribution in [0, 0.1) is 0 Å². The fourth-order valence-corrected chi connectivity index (χ4v) is 3.93. The van der Waals surface area contributed by atoms with Crippen LogP contribution in [0.2, 0.25) is 0 Å². The van der Waals surface area contributed by atoms with E-state index >= 15 is 0 Å². The molecule has 0 heterocycles. The second-order valence-electron chi connectivity index (χ2n) is 7.42. The van der Waals surface area contributed by atoms with Crippen molar-refractivity contribution in [2.45, 2.75) is 123 Å². The maximum atomic E-state index is 5.99. The molecule has 0 aromatic heterocycles. The Hall–Kier alpha value is 0.577. The summed E-state index contributed by atoms with van der Waals surface area (Å²) in [5, 5.41) is 1.08. The molecule has 1 atom stereocenters. The van der Waals surface area contributed by atoms with E-state index in [0.29, 0.717) is 0 Å². The Bertz CT molecular complexity index is 270. The second-order valence-corrected chi connectivity index (χ2v) is 8.91. The molecule has 0 aliphatic rings. The minimum atomic E-state index is -0.0844. The lowest BCUT2D eigenvalue weighted by Crippen LogP contribution is -2.22. The van der Waals surface area contributed by atoms with Crippen molar-refractivity contribution in [1.29, 1.82) is 0 Å². The van der Waals surface area contributed by atoms with E-state index in [1.54, 1.807) is 0 Å².